The molecule has 0 amide bonds. The summed E-state index contributed by atoms with van der Waals surface area (Å²) >= 11 is 0. The van der Waals surface area contributed by atoms with Gasteiger partial charge in [0.2, 0.25) is 0 Å². The number of aromatic carboxylic acids is 1. The lowest BCUT2D eigenvalue weighted by atomic mass is 9.76. The van der Waals surface area contributed by atoms with Crippen molar-refractivity contribution in [3.05, 3.63) is 94.1 Å². The zero-order valence-corrected chi connectivity index (χ0v) is 17.2. The van der Waals surface area contributed by atoms with E-state index in [1.165, 1.54) is 11.1 Å². The molecule has 0 bridgehead atoms. The van der Waals surface area contributed by atoms with Gasteiger partial charge in [-0.25, -0.2) is 9.37 Å². The van der Waals surface area contributed by atoms with Crippen molar-refractivity contribution >= 4 is 22.9 Å². The lowest BCUT2D eigenvalue weighted by molar-refractivity contribution is -0.462. The van der Waals surface area contributed by atoms with E-state index in [-0.39, 0.29) is 0 Å². The van der Waals surface area contributed by atoms with E-state index in [4.69, 9.17) is 0 Å². The Hall–Kier alpha value is -3.40. The average Bonchev–Trinajstić information content (AvgIpc) is 2.70. The summed E-state index contributed by atoms with van der Waals surface area (Å²) < 4.78 is 2.09. The molecule has 2 aromatic rings. The molecule has 4 heteroatoms. The molecule has 0 atom stereocenters. The largest absolute Gasteiger partial charge is 0.478 e. The molecule has 0 heterocycles. The number of carbonyl (C=O) groups is 1. The number of allylic oxidation sites excluding steroid dienone is 5. The first-order valence-electron chi connectivity index (χ1n) is 9.67. The van der Waals surface area contributed by atoms with Gasteiger partial charge in [0.05, 0.1) is 5.56 Å². The van der Waals surface area contributed by atoms with E-state index in [1.807, 2.05) is 40.3 Å². The van der Waals surface area contributed by atoms with Crippen molar-refractivity contribution in [1.29, 1.82) is 0 Å². The monoisotopic (exact) mass is 385 g/mol. The van der Waals surface area contributed by atoms with Gasteiger partial charge in [-0.3, -0.25) is 0 Å². The Bertz CT molecular complexity index is 1140. The molecule has 2 aliphatic rings. The molecule has 0 aromatic heterocycles. The highest BCUT2D eigenvalue weighted by Crippen LogP contribution is 2.42. The summed E-state index contributed by atoms with van der Waals surface area (Å²) in [7, 11) is 8.14. The first-order valence-corrected chi connectivity index (χ1v) is 9.67. The number of carboxylic acids is 1. The van der Waals surface area contributed by atoms with Crippen LogP contribution in [0.5, 0.6) is 0 Å². The highest BCUT2D eigenvalue weighted by atomic mass is 16.4. The van der Waals surface area contributed by atoms with E-state index in [2.05, 4.69) is 45.9 Å². The molecule has 2 aliphatic carbocycles. The van der Waals surface area contributed by atoms with Gasteiger partial charge in [0.1, 0.15) is 14.1 Å². The Labute approximate surface area is 171 Å². The van der Waals surface area contributed by atoms with Crippen molar-refractivity contribution in [3.8, 4) is 0 Å². The lowest BCUT2D eigenvalue weighted by Gasteiger charge is -2.28. The quantitative estimate of drug-likeness (QED) is 0.812. The fraction of sp³-hybridized carbons (Fsp3) is 0.200. The van der Waals surface area contributed by atoms with Crippen LogP contribution in [0, 0.1) is 0 Å². The predicted molar refractivity (Wildman–Crippen MR) is 118 cm³/mol. The molecule has 29 heavy (non-hydrogen) atoms. The Balaban J connectivity index is 2.04. The van der Waals surface area contributed by atoms with Crippen molar-refractivity contribution in [3.63, 3.8) is 0 Å². The number of anilines is 1. The second-order valence-electron chi connectivity index (χ2n) is 7.87. The molecule has 4 rings (SSSR count). The van der Waals surface area contributed by atoms with Gasteiger partial charge in [0.25, 0.3) is 0 Å². The van der Waals surface area contributed by atoms with Crippen LogP contribution in [0.4, 0.5) is 5.69 Å². The van der Waals surface area contributed by atoms with Crippen LogP contribution in [0.25, 0.3) is 5.57 Å². The maximum absolute atomic E-state index is 11.9. The molecule has 0 spiro atoms. The van der Waals surface area contributed by atoms with Crippen molar-refractivity contribution in [2.75, 3.05) is 33.1 Å². The summed E-state index contributed by atoms with van der Waals surface area (Å²) in [4.78, 5) is 14.0. The van der Waals surface area contributed by atoms with Gasteiger partial charge >= 0.3 is 5.97 Å². The Morgan fingerprint density at radius 2 is 1.79 bits per heavy atom. The number of carboxylic acid groups (broad SMARTS) is 1. The predicted octanol–water partition coefficient (Wildman–Crippen LogP) is 4.02. The minimum atomic E-state index is -0.906. The van der Waals surface area contributed by atoms with Crippen molar-refractivity contribution in [1.82, 2.24) is 0 Å². The van der Waals surface area contributed by atoms with Crippen LogP contribution < -0.4 is 4.90 Å². The van der Waals surface area contributed by atoms with Crippen molar-refractivity contribution in [2.45, 2.75) is 6.42 Å². The number of nitrogens with zero attached hydrogens (tertiary/aromatic N) is 2. The fourth-order valence-electron chi connectivity index (χ4n) is 4.02. The standard InChI is InChI=1S/C25H24N2O2/c1-26(2)18-9-11-20-16(14-18)13-17-15-19(27(3)4)10-12-21(17)24(20)22-7-5-6-8-23(22)25(28)29/h5-12,14-15H,13H2,1-4H3/p+1. The second-order valence-corrected chi connectivity index (χ2v) is 7.87. The molecule has 4 nitrogen and oxygen atoms in total. The topological polar surface area (TPSA) is 43.5 Å². The molecule has 0 fully saturated rings. The van der Waals surface area contributed by atoms with Crippen LogP contribution in [-0.2, 0) is 6.42 Å². The lowest BCUT2D eigenvalue weighted by Crippen LogP contribution is -2.18. The average molecular weight is 385 g/mol. The number of benzene rings is 2. The molecule has 146 valence electrons. The number of hydrogen-bond acceptors (Lipinski definition) is 2. The molecule has 2 aromatic carbocycles. The van der Waals surface area contributed by atoms with Crippen molar-refractivity contribution < 1.29 is 14.5 Å². The molecule has 0 saturated carbocycles. The summed E-state index contributed by atoms with van der Waals surface area (Å²) in [6.07, 6.45) is 7.26. The molecule has 0 radical (unpaired) electrons. The molecule has 0 aliphatic heterocycles. The number of fused-ring (bicyclic) bond motifs is 2. The minimum absolute atomic E-state index is 0.328. The summed E-state index contributed by atoms with van der Waals surface area (Å²) in [6.45, 7) is 0. The van der Waals surface area contributed by atoms with E-state index in [1.54, 1.807) is 12.1 Å². The SMILES string of the molecule is CN(C)c1ccc2c(c1)CC1=CC(=[N+](C)C)C=CC1=C2c1ccccc1C(=O)O. The van der Waals surface area contributed by atoms with Crippen LogP contribution in [0.2, 0.25) is 0 Å². The van der Waals surface area contributed by atoms with Gasteiger partial charge in [-0.1, -0.05) is 24.3 Å². The van der Waals surface area contributed by atoms with Crippen LogP contribution in [0.3, 0.4) is 0 Å². The van der Waals surface area contributed by atoms with Gasteiger partial charge in [0, 0.05) is 31.9 Å². The summed E-state index contributed by atoms with van der Waals surface area (Å²) in [5, 5.41) is 9.80. The first-order chi connectivity index (χ1) is 13.9. The van der Waals surface area contributed by atoms with Crippen molar-refractivity contribution in [2.24, 2.45) is 0 Å². The third kappa shape index (κ3) is 3.31. The molecular weight excluding hydrogens is 360 g/mol. The zero-order chi connectivity index (χ0) is 20.7. The molecule has 1 N–H and O–H groups in total. The van der Waals surface area contributed by atoms with Crippen LogP contribution >= 0.6 is 0 Å². The molecule has 0 saturated heterocycles. The highest BCUT2D eigenvalue weighted by Gasteiger charge is 2.28. The van der Waals surface area contributed by atoms with E-state index < -0.39 is 5.97 Å². The second kappa shape index (κ2) is 7.21. The maximum Gasteiger partial charge on any atom is 0.336 e. The van der Waals surface area contributed by atoms with E-state index in [9.17, 15) is 9.90 Å². The van der Waals surface area contributed by atoms with Crippen LogP contribution in [0.15, 0.2) is 71.8 Å². The first kappa shape index (κ1) is 18.9. The van der Waals surface area contributed by atoms with Gasteiger partial charge < -0.3 is 10.0 Å². The Morgan fingerprint density at radius 3 is 2.48 bits per heavy atom. The normalized spacial score (nSPS) is 14.9. The summed E-state index contributed by atoms with van der Waals surface area (Å²) in [5.41, 5.74) is 9.01. The zero-order valence-electron chi connectivity index (χ0n) is 17.2. The van der Waals surface area contributed by atoms with Gasteiger partial charge in [-0.2, -0.15) is 0 Å². The van der Waals surface area contributed by atoms with E-state index >= 15 is 0 Å². The minimum Gasteiger partial charge on any atom is -0.478 e. The summed E-state index contributed by atoms with van der Waals surface area (Å²) in [5.74, 6) is -0.906. The van der Waals surface area contributed by atoms with Crippen LogP contribution in [0.1, 0.15) is 27.0 Å². The molecule has 0 unspecified atom stereocenters. The van der Waals surface area contributed by atoms with Gasteiger partial charge in [-0.05, 0) is 64.1 Å². The fourth-order valence-corrected chi connectivity index (χ4v) is 4.02. The van der Waals surface area contributed by atoms with E-state index in [0.29, 0.717) is 5.56 Å². The number of hydrogen-bond donors (Lipinski definition) is 1. The molecular formula is C25H25N2O2+. The maximum atomic E-state index is 11.9. The smallest absolute Gasteiger partial charge is 0.336 e. The third-order valence-corrected chi connectivity index (χ3v) is 5.56. The van der Waals surface area contributed by atoms with Gasteiger partial charge in [-0.15, -0.1) is 0 Å². The Kier molecular flexibility index (Phi) is 4.71. The highest BCUT2D eigenvalue weighted by molar-refractivity contribution is 6.07. The number of rotatable bonds is 3. The van der Waals surface area contributed by atoms with Gasteiger partial charge in [0.15, 0.2) is 5.71 Å². The summed E-state index contributed by atoms with van der Waals surface area (Å²) in [6, 6.07) is 13.7. The third-order valence-electron chi connectivity index (χ3n) is 5.56. The van der Waals surface area contributed by atoms with E-state index in [0.717, 1.165) is 40.1 Å². The Morgan fingerprint density at radius 1 is 1.03 bits per heavy atom. The van der Waals surface area contributed by atoms with Crippen LogP contribution in [-0.4, -0.2) is 49.6 Å².